The van der Waals surface area contributed by atoms with Gasteiger partial charge in [-0.3, -0.25) is 4.72 Å². The Kier molecular flexibility index (Phi) is 4.33. The molecule has 0 aliphatic heterocycles. The number of ether oxygens (including phenoxy) is 1. The van der Waals surface area contributed by atoms with Crippen molar-refractivity contribution in [2.75, 3.05) is 11.8 Å². The summed E-state index contributed by atoms with van der Waals surface area (Å²) in [6, 6.07) is 3.96. The number of aromatic carboxylic acids is 1. The molecule has 0 aromatic heterocycles. The Bertz CT molecular complexity index is 610. The lowest BCUT2D eigenvalue weighted by Crippen LogP contribution is -2.35. The minimum absolute atomic E-state index is 0.0133. The minimum Gasteiger partial charge on any atom is -0.478 e. The van der Waals surface area contributed by atoms with Crippen molar-refractivity contribution in [2.24, 2.45) is 0 Å². The van der Waals surface area contributed by atoms with Gasteiger partial charge in [0.2, 0.25) is 0 Å². The number of carbonyl (C=O) groups is 2. The van der Waals surface area contributed by atoms with Crippen LogP contribution in [0.4, 0.5) is 10.5 Å². The number of hydrogen-bond acceptors (Lipinski definition) is 5. The van der Waals surface area contributed by atoms with Gasteiger partial charge in [0.1, 0.15) is 0 Å². The van der Waals surface area contributed by atoms with Gasteiger partial charge in [0.25, 0.3) is 0 Å². The standard InChI is InChI=1S/C10H12N2O6S/c1-6-3-4-7(5-8(6)9(13)14)11-19(16,17)12-10(15)18-2/h3-5,11H,1-2H3,(H,12,15)(H,13,14). The lowest BCUT2D eigenvalue weighted by Gasteiger charge is -2.10. The van der Waals surface area contributed by atoms with Gasteiger partial charge in [0, 0.05) is 0 Å². The predicted molar refractivity (Wildman–Crippen MR) is 66.2 cm³/mol. The molecule has 0 aliphatic rings. The number of benzene rings is 1. The summed E-state index contributed by atoms with van der Waals surface area (Å²) in [5.41, 5.74) is 0.453. The molecule has 9 heteroatoms. The Morgan fingerprint density at radius 2 is 1.95 bits per heavy atom. The molecule has 0 aliphatic carbocycles. The maximum Gasteiger partial charge on any atom is 0.422 e. The van der Waals surface area contributed by atoms with Crippen LogP contribution in [0.3, 0.4) is 0 Å². The van der Waals surface area contributed by atoms with E-state index in [2.05, 4.69) is 4.74 Å². The van der Waals surface area contributed by atoms with Crippen molar-refractivity contribution >= 4 is 28.0 Å². The average molecular weight is 288 g/mol. The molecule has 0 bridgehead atoms. The summed E-state index contributed by atoms with van der Waals surface area (Å²) < 4.78 is 30.6. The smallest absolute Gasteiger partial charge is 0.422 e. The van der Waals surface area contributed by atoms with Crippen molar-refractivity contribution in [1.29, 1.82) is 0 Å². The zero-order chi connectivity index (χ0) is 14.6. The van der Waals surface area contributed by atoms with Crippen molar-refractivity contribution in [3.05, 3.63) is 29.3 Å². The Balaban J connectivity index is 2.97. The van der Waals surface area contributed by atoms with Gasteiger partial charge in [-0.25, -0.2) is 14.3 Å². The molecule has 0 fully saturated rings. The summed E-state index contributed by atoms with van der Waals surface area (Å²) in [5, 5.41) is 8.90. The molecule has 0 atom stereocenters. The van der Waals surface area contributed by atoms with Crippen LogP contribution in [0.15, 0.2) is 18.2 Å². The molecular formula is C10H12N2O6S. The van der Waals surface area contributed by atoms with Gasteiger partial charge >= 0.3 is 22.3 Å². The normalized spacial score (nSPS) is 10.6. The highest BCUT2D eigenvalue weighted by Crippen LogP contribution is 2.16. The molecule has 1 rings (SSSR count). The fourth-order valence-corrected chi connectivity index (χ4v) is 2.04. The summed E-state index contributed by atoms with van der Waals surface area (Å²) in [4.78, 5) is 21.7. The van der Waals surface area contributed by atoms with Gasteiger partial charge in [-0.2, -0.15) is 8.42 Å². The van der Waals surface area contributed by atoms with Gasteiger partial charge in [-0.05, 0) is 24.6 Å². The van der Waals surface area contributed by atoms with Crippen LogP contribution < -0.4 is 9.44 Å². The number of rotatable bonds is 4. The maximum atomic E-state index is 11.5. The number of carbonyl (C=O) groups excluding carboxylic acids is 1. The molecule has 1 amide bonds. The Morgan fingerprint density at radius 1 is 1.32 bits per heavy atom. The molecule has 8 nitrogen and oxygen atoms in total. The van der Waals surface area contributed by atoms with E-state index >= 15 is 0 Å². The molecule has 1 aromatic carbocycles. The van der Waals surface area contributed by atoms with Gasteiger partial charge in [0.05, 0.1) is 18.4 Å². The number of hydrogen-bond donors (Lipinski definition) is 3. The van der Waals surface area contributed by atoms with E-state index in [1.807, 2.05) is 4.72 Å². The highest BCUT2D eigenvalue weighted by atomic mass is 32.2. The van der Waals surface area contributed by atoms with Crippen LogP contribution in [0.2, 0.25) is 0 Å². The molecule has 19 heavy (non-hydrogen) atoms. The monoisotopic (exact) mass is 288 g/mol. The van der Waals surface area contributed by atoms with Crippen LogP contribution >= 0.6 is 0 Å². The van der Waals surface area contributed by atoms with E-state index in [1.165, 1.54) is 12.1 Å². The SMILES string of the molecule is COC(=O)NS(=O)(=O)Nc1ccc(C)c(C(=O)O)c1. The second kappa shape index (κ2) is 5.57. The molecule has 0 heterocycles. The summed E-state index contributed by atoms with van der Waals surface area (Å²) in [5.74, 6) is -1.18. The number of anilines is 1. The van der Waals surface area contributed by atoms with Gasteiger partial charge < -0.3 is 9.84 Å². The molecule has 3 N–H and O–H groups in total. The topological polar surface area (TPSA) is 122 Å². The molecule has 0 saturated heterocycles. The number of nitrogens with one attached hydrogen (secondary N) is 2. The molecule has 0 radical (unpaired) electrons. The first kappa shape index (κ1) is 14.8. The van der Waals surface area contributed by atoms with E-state index in [1.54, 1.807) is 11.6 Å². The summed E-state index contributed by atoms with van der Waals surface area (Å²) in [6.07, 6.45) is -1.15. The van der Waals surface area contributed by atoms with E-state index in [4.69, 9.17) is 5.11 Å². The molecule has 0 saturated carbocycles. The van der Waals surface area contributed by atoms with Crippen LogP contribution in [0.25, 0.3) is 0 Å². The van der Waals surface area contributed by atoms with Gasteiger partial charge in [-0.1, -0.05) is 6.07 Å². The first-order valence-electron chi connectivity index (χ1n) is 4.97. The number of carboxylic acid groups (broad SMARTS) is 1. The zero-order valence-corrected chi connectivity index (χ0v) is 10.9. The zero-order valence-electron chi connectivity index (χ0n) is 10.1. The van der Waals surface area contributed by atoms with Crippen LogP contribution in [-0.4, -0.2) is 32.7 Å². The largest absolute Gasteiger partial charge is 0.478 e. The third-order valence-corrected chi connectivity index (χ3v) is 3.06. The van der Waals surface area contributed by atoms with Crippen LogP contribution in [0.1, 0.15) is 15.9 Å². The maximum absolute atomic E-state index is 11.5. The quantitative estimate of drug-likeness (QED) is 0.750. The Hall–Kier alpha value is -2.29. The van der Waals surface area contributed by atoms with E-state index in [-0.39, 0.29) is 11.3 Å². The number of carboxylic acids is 1. The van der Waals surface area contributed by atoms with Crippen molar-refractivity contribution < 1.29 is 27.9 Å². The highest BCUT2D eigenvalue weighted by Gasteiger charge is 2.16. The van der Waals surface area contributed by atoms with E-state index < -0.39 is 22.3 Å². The third-order valence-electron chi connectivity index (χ3n) is 2.12. The number of methoxy groups -OCH3 is 1. The number of amides is 1. The van der Waals surface area contributed by atoms with E-state index in [0.717, 1.165) is 13.2 Å². The first-order chi connectivity index (χ1) is 8.75. The fraction of sp³-hybridized carbons (Fsp3) is 0.200. The summed E-state index contributed by atoms with van der Waals surface area (Å²) in [7, 11) is -3.16. The van der Waals surface area contributed by atoms with Crippen LogP contribution in [0, 0.1) is 6.92 Å². The van der Waals surface area contributed by atoms with Crippen molar-refractivity contribution in [1.82, 2.24) is 4.72 Å². The van der Waals surface area contributed by atoms with Crippen LogP contribution in [-0.2, 0) is 14.9 Å². The third kappa shape index (κ3) is 4.14. The lowest BCUT2D eigenvalue weighted by atomic mass is 10.1. The second-order valence-corrected chi connectivity index (χ2v) is 4.95. The van der Waals surface area contributed by atoms with E-state index in [9.17, 15) is 18.0 Å². The van der Waals surface area contributed by atoms with Crippen molar-refractivity contribution in [3.63, 3.8) is 0 Å². The summed E-state index contributed by atoms with van der Waals surface area (Å²) in [6.45, 7) is 1.58. The lowest BCUT2D eigenvalue weighted by molar-refractivity contribution is 0.0696. The molecular weight excluding hydrogens is 276 g/mol. The fourth-order valence-electron chi connectivity index (χ4n) is 1.25. The predicted octanol–water partition coefficient (Wildman–Crippen LogP) is 0.706. The summed E-state index contributed by atoms with van der Waals surface area (Å²) >= 11 is 0. The van der Waals surface area contributed by atoms with Gasteiger partial charge in [-0.15, -0.1) is 0 Å². The molecule has 0 spiro atoms. The van der Waals surface area contributed by atoms with Crippen molar-refractivity contribution in [2.45, 2.75) is 6.92 Å². The molecule has 0 unspecified atom stereocenters. The van der Waals surface area contributed by atoms with Crippen molar-refractivity contribution in [3.8, 4) is 0 Å². The highest BCUT2D eigenvalue weighted by molar-refractivity contribution is 7.91. The first-order valence-corrected chi connectivity index (χ1v) is 6.46. The second-order valence-electron chi connectivity index (χ2n) is 3.53. The molecule has 104 valence electrons. The number of aryl methyl sites for hydroxylation is 1. The molecule has 1 aromatic rings. The Morgan fingerprint density at radius 3 is 2.47 bits per heavy atom. The van der Waals surface area contributed by atoms with E-state index in [0.29, 0.717) is 5.56 Å². The van der Waals surface area contributed by atoms with Crippen LogP contribution in [0.5, 0.6) is 0 Å². The minimum atomic E-state index is -4.17. The average Bonchev–Trinajstić information content (AvgIpc) is 2.30. The van der Waals surface area contributed by atoms with Gasteiger partial charge in [0.15, 0.2) is 0 Å². The Labute approximate surface area is 109 Å².